The van der Waals surface area contributed by atoms with Crippen molar-refractivity contribution in [1.29, 1.82) is 0 Å². The third-order valence-electron chi connectivity index (χ3n) is 3.16. The van der Waals surface area contributed by atoms with Crippen molar-refractivity contribution in [2.24, 2.45) is 5.73 Å². The van der Waals surface area contributed by atoms with Crippen LogP contribution in [0.1, 0.15) is 39.8 Å². The molecule has 1 aliphatic rings. The van der Waals surface area contributed by atoms with Gasteiger partial charge in [-0.3, -0.25) is 4.79 Å². The standard InChI is InChI=1S/C13H19N3O4S/c1-2-19-13(18)8-9(14)10(11(15)17)21-12(8)16-6-7-4-3-5-20-7/h7,16H,2-6,14H2,1H3,(H2,15,17). The molecule has 0 aliphatic carbocycles. The first kappa shape index (κ1) is 15.6. The number of nitrogens with two attached hydrogens (primary N) is 2. The van der Waals surface area contributed by atoms with Gasteiger partial charge in [-0.2, -0.15) is 0 Å². The summed E-state index contributed by atoms with van der Waals surface area (Å²) in [6.07, 6.45) is 2.09. The van der Waals surface area contributed by atoms with Gasteiger partial charge in [0.1, 0.15) is 15.4 Å². The molecule has 1 saturated heterocycles. The Labute approximate surface area is 126 Å². The number of rotatable bonds is 6. The van der Waals surface area contributed by atoms with Gasteiger partial charge in [-0.25, -0.2) is 4.79 Å². The van der Waals surface area contributed by atoms with Gasteiger partial charge in [0.05, 0.1) is 18.4 Å². The lowest BCUT2D eigenvalue weighted by atomic mass is 10.2. The molecule has 7 nitrogen and oxygen atoms in total. The van der Waals surface area contributed by atoms with Crippen LogP contribution in [0.15, 0.2) is 0 Å². The van der Waals surface area contributed by atoms with E-state index in [1.165, 1.54) is 0 Å². The summed E-state index contributed by atoms with van der Waals surface area (Å²) in [4.78, 5) is 23.5. The maximum Gasteiger partial charge on any atom is 0.343 e. The van der Waals surface area contributed by atoms with E-state index in [1.54, 1.807) is 6.92 Å². The molecule has 116 valence electrons. The summed E-state index contributed by atoms with van der Waals surface area (Å²) >= 11 is 1.06. The van der Waals surface area contributed by atoms with Gasteiger partial charge in [0.15, 0.2) is 0 Å². The molecule has 5 N–H and O–H groups in total. The van der Waals surface area contributed by atoms with Crippen LogP contribution in [0.25, 0.3) is 0 Å². The molecule has 1 fully saturated rings. The van der Waals surface area contributed by atoms with E-state index in [1.807, 2.05) is 0 Å². The van der Waals surface area contributed by atoms with E-state index in [9.17, 15) is 9.59 Å². The highest BCUT2D eigenvalue weighted by Crippen LogP contribution is 2.36. The van der Waals surface area contributed by atoms with Crippen LogP contribution >= 0.6 is 11.3 Å². The quantitative estimate of drug-likeness (QED) is 0.679. The third-order valence-corrected chi connectivity index (χ3v) is 4.34. The van der Waals surface area contributed by atoms with E-state index in [0.717, 1.165) is 30.8 Å². The average molecular weight is 313 g/mol. The summed E-state index contributed by atoms with van der Waals surface area (Å²) in [5.74, 6) is -1.22. The second kappa shape index (κ2) is 6.77. The Kier molecular flexibility index (Phi) is 5.03. The fourth-order valence-electron chi connectivity index (χ4n) is 2.17. The van der Waals surface area contributed by atoms with Crippen LogP contribution in [0.3, 0.4) is 0 Å². The van der Waals surface area contributed by atoms with Crippen LogP contribution in [-0.2, 0) is 9.47 Å². The molecular weight excluding hydrogens is 294 g/mol. The molecule has 1 atom stereocenters. The van der Waals surface area contributed by atoms with E-state index in [4.69, 9.17) is 20.9 Å². The van der Waals surface area contributed by atoms with E-state index in [-0.39, 0.29) is 28.8 Å². The van der Waals surface area contributed by atoms with Crippen LogP contribution in [-0.4, -0.2) is 37.7 Å². The van der Waals surface area contributed by atoms with E-state index >= 15 is 0 Å². The number of nitrogens with one attached hydrogen (secondary N) is 1. The van der Waals surface area contributed by atoms with Crippen LogP contribution < -0.4 is 16.8 Å². The number of ether oxygens (including phenoxy) is 2. The molecule has 2 heterocycles. The number of nitrogen functional groups attached to an aromatic ring is 1. The van der Waals surface area contributed by atoms with Gasteiger partial charge in [0, 0.05) is 13.2 Å². The molecule has 0 saturated carbocycles. The Balaban J connectivity index is 2.22. The minimum atomic E-state index is -0.659. The second-order valence-electron chi connectivity index (χ2n) is 4.65. The van der Waals surface area contributed by atoms with Crippen molar-refractivity contribution in [3.05, 3.63) is 10.4 Å². The predicted molar refractivity (Wildman–Crippen MR) is 80.7 cm³/mol. The van der Waals surface area contributed by atoms with Crippen molar-refractivity contribution in [3.63, 3.8) is 0 Å². The van der Waals surface area contributed by atoms with E-state index in [0.29, 0.717) is 11.5 Å². The number of hydrogen-bond acceptors (Lipinski definition) is 7. The molecule has 1 aliphatic heterocycles. The highest BCUT2D eigenvalue weighted by molar-refractivity contribution is 7.19. The van der Waals surface area contributed by atoms with Crippen molar-refractivity contribution in [2.75, 3.05) is 30.8 Å². The largest absolute Gasteiger partial charge is 0.462 e. The third kappa shape index (κ3) is 3.45. The summed E-state index contributed by atoms with van der Waals surface area (Å²) < 4.78 is 10.5. The summed E-state index contributed by atoms with van der Waals surface area (Å²) in [5.41, 5.74) is 11.4. The molecule has 0 radical (unpaired) electrons. The molecule has 8 heteroatoms. The van der Waals surface area contributed by atoms with Gasteiger partial charge >= 0.3 is 5.97 Å². The first-order valence-electron chi connectivity index (χ1n) is 6.79. The lowest BCUT2D eigenvalue weighted by Gasteiger charge is -2.12. The normalized spacial score (nSPS) is 17.7. The highest BCUT2D eigenvalue weighted by atomic mass is 32.1. The minimum Gasteiger partial charge on any atom is -0.462 e. The second-order valence-corrected chi connectivity index (χ2v) is 5.67. The van der Waals surface area contributed by atoms with Crippen LogP contribution in [0.2, 0.25) is 0 Å². The summed E-state index contributed by atoms with van der Waals surface area (Å²) in [5, 5.41) is 3.61. The lowest BCUT2D eigenvalue weighted by molar-refractivity contribution is 0.0529. The molecule has 0 bridgehead atoms. The fourth-order valence-corrected chi connectivity index (χ4v) is 3.14. The summed E-state index contributed by atoms with van der Waals surface area (Å²) in [6.45, 7) is 3.22. The number of carbonyl (C=O) groups excluding carboxylic acids is 2. The Bertz CT molecular complexity index is 538. The SMILES string of the molecule is CCOC(=O)c1c(NCC2CCCO2)sc(C(N)=O)c1N. The van der Waals surface area contributed by atoms with Crippen LogP contribution in [0.5, 0.6) is 0 Å². The number of hydrogen-bond donors (Lipinski definition) is 3. The Morgan fingerprint density at radius 1 is 1.52 bits per heavy atom. The smallest absolute Gasteiger partial charge is 0.343 e. The zero-order chi connectivity index (χ0) is 15.4. The van der Waals surface area contributed by atoms with Gasteiger partial charge in [-0.1, -0.05) is 0 Å². The zero-order valence-electron chi connectivity index (χ0n) is 11.8. The maximum atomic E-state index is 12.0. The minimum absolute atomic E-state index is 0.0702. The maximum absolute atomic E-state index is 12.0. The average Bonchev–Trinajstić information content (AvgIpc) is 3.04. The monoisotopic (exact) mass is 313 g/mol. The number of primary amides is 1. The van der Waals surface area contributed by atoms with Crippen molar-refractivity contribution < 1.29 is 19.1 Å². The molecule has 2 rings (SSSR count). The molecular formula is C13H19N3O4S. The van der Waals surface area contributed by atoms with E-state index in [2.05, 4.69) is 5.32 Å². The number of thiophene rings is 1. The predicted octanol–water partition coefficient (Wildman–Crippen LogP) is 1.20. The first-order valence-corrected chi connectivity index (χ1v) is 7.60. The Hall–Kier alpha value is -1.80. The Morgan fingerprint density at radius 3 is 2.86 bits per heavy atom. The Morgan fingerprint density at radius 2 is 2.29 bits per heavy atom. The van der Waals surface area contributed by atoms with Gasteiger partial charge < -0.3 is 26.3 Å². The van der Waals surface area contributed by atoms with Crippen molar-refractivity contribution in [1.82, 2.24) is 0 Å². The van der Waals surface area contributed by atoms with E-state index < -0.39 is 11.9 Å². The van der Waals surface area contributed by atoms with Crippen molar-refractivity contribution in [2.45, 2.75) is 25.9 Å². The van der Waals surface area contributed by atoms with Crippen molar-refractivity contribution in [3.8, 4) is 0 Å². The van der Waals surface area contributed by atoms with Crippen LogP contribution in [0.4, 0.5) is 10.7 Å². The number of anilines is 2. The summed E-state index contributed by atoms with van der Waals surface area (Å²) in [6, 6.07) is 0. The van der Waals surface area contributed by atoms with Crippen LogP contribution in [0, 0.1) is 0 Å². The van der Waals surface area contributed by atoms with Gasteiger partial charge in [0.2, 0.25) is 0 Å². The number of carbonyl (C=O) groups is 2. The summed E-state index contributed by atoms with van der Waals surface area (Å²) in [7, 11) is 0. The number of esters is 1. The molecule has 0 spiro atoms. The molecule has 1 unspecified atom stereocenters. The molecule has 0 aromatic carbocycles. The topological polar surface area (TPSA) is 117 Å². The van der Waals surface area contributed by atoms with Crippen molar-refractivity contribution >= 4 is 33.9 Å². The van der Waals surface area contributed by atoms with Gasteiger partial charge in [0.25, 0.3) is 5.91 Å². The molecule has 21 heavy (non-hydrogen) atoms. The number of amides is 1. The zero-order valence-corrected chi connectivity index (χ0v) is 12.6. The first-order chi connectivity index (χ1) is 10.0. The molecule has 1 aromatic rings. The highest BCUT2D eigenvalue weighted by Gasteiger charge is 2.26. The fraction of sp³-hybridized carbons (Fsp3) is 0.538. The van der Waals surface area contributed by atoms with Gasteiger partial charge in [-0.15, -0.1) is 11.3 Å². The molecule has 1 aromatic heterocycles. The molecule has 1 amide bonds. The lowest BCUT2D eigenvalue weighted by Crippen LogP contribution is -2.19. The van der Waals surface area contributed by atoms with Gasteiger partial charge in [-0.05, 0) is 19.8 Å².